The van der Waals surface area contributed by atoms with Crippen LogP contribution in [-0.2, 0) is 0 Å². The van der Waals surface area contributed by atoms with Crippen molar-refractivity contribution in [3.05, 3.63) is 34.9 Å². The van der Waals surface area contributed by atoms with Crippen LogP contribution in [0.2, 0.25) is 0 Å². The van der Waals surface area contributed by atoms with E-state index in [-0.39, 0.29) is 23.4 Å². The van der Waals surface area contributed by atoms with Crippen LogP contribution in [0.15, 0.2) is 18.2 Å². The smallest absolute Gasteiger partial charge is 0.336 e. The van der Waals surface area contributed by atoms with Crippen molar-refractivity contribution in [1.82, 2.24) is 0 Å². The first-order valence-electron chi connectivity index (χ1n) is 5.24. The first kappa shape index (κ1) is 14.0. The Morgan fingerprint density at radius 1 is 1.41 bits per heavy atom. The van der Waals surface area contributed by atoms with E-state index in [1.807, 2.05) is 0 Å². The van der Waals surface area contributed by atoms with Gasteiger partial charge >= 0.3 is 5.97 Å². The molecule has 2 unspecified atom stereocenters. The number of hydrogen-bond donors (Lipinski definition) is 3. The molecule has 0 aliphatic carbocycles. The lowest BCUT2D eigenvalue weighted by atomic mass is 9.94. The van der Waals surface area contributed by atoms with E-state index in [4.69, 9.17) is 16.7 Å². The summed E-state index contributed by atoms with van der Waals surface area (Å²) in [6.45, 7) is 1.65. The molecule has 0 bridgehead atoms. The van der Waals surface area contributed by atoms with E-state index in [1.165, 1.54) is 6.07 Å². The van der Waals surface area contributed by atoms with Gasteiger partial charge in [0.2, 0.25) is 0 Å². The topological polar surface area (TPSA) is 77.8 Å². The Balaban J connectivity index is 3.13. The van der Waals surface area contributed by atoms with Crippen LogP contribution in [0.4, 0.5) is 0 Å². The molecular weight excluding hydrogens is 244 g/mol. The van der Waals surface area contributed by atoms with Crippen LogP contribution in [0, 0.1) is 6.92 Å². The number of aliphatic hydroxyl groups is 2. The Kier molecular flexibility index (Phi) is 4.93. The first-order chi connectivity index (χ1) is 7.99. The summed E-state index contributed by atoms with van der Waals surface area (Å²) in [5.74, 6) is -0.915. The predicted octanol–water partition coefficient (Wildman–Crippen LogP) is 1.72. The van der Waals surface area contributed by atoms with Gasteiger partial charge in [-0.2, -0.15) is 0 Å². The van der Waals surface area contributed by atoms with Gasteiger partial charge in [-0.15, -0.1) is 11.6 Å². The largest absolute Gasteiger partial charge is 0.478 e. The van der Waals surface area contributed by atoms with E-state index >= 15 is 0 Å². The maximum absolute atomic E-state index is 11.1. The van der Waals surface area contributed by atoms with Gasteiger partial charge in [-0.3, -0.25) is 0 Å². The summed E-state index contributed by atoms with van der Waals surface area (Å²) in [6.07, 6.45) is -2.09. The van der Waals surface area contributed by atoms with Crippen molar-refractivity contribution in [2.45, 2.75) is 25.6 Å². The lowest BCUT2D eigenvalue weighted by Gasteiger charge is -2.19. The van der Waals surface area contributed by atoms with Crippen molar-refractivity contribution in [3.8, 4) is 0 Å². The second kappa shape index (κ2) is 6.00. The van der Waals surface area contributed by atoms with Crippen molar-refractivity contribution in [2.24, 2.45) is 0 Å². The number of rotatable bonds is 5. The molecular formula is C12H15ClO4. The second-order valence-electron chi connectivity index (χ2n) is 3.83. The molecule has 4 nitrogen and oxygen atoms in total. The molecule has 17 heavy (non-hydrogen) atoms. The van der Waals surface area contributed by atoms with Crippen molar-refractivity contribution in [2.75, 3.05) is 5.88 Å². The normalized spacial score (nSPS) is 14.4. The molecule has 1 aromatic carbocycles. The summed E-state index contributed by atoms with van der Waals surface area (Å²) in [6, 6.07) is 4.79. The Hall–Kier alpha value is -1.10. The summed E-state index contributed by atoms with van der Waals surface area (Å²) in [4.78, 5) is 11.1. The number of aromatic carboxylic acids is 1. The van der Waals surface area contributed by atoms with Crippen molar-refractivity contribution < 1.29 is 20.1 Å². The molecule has 0 saturated carbocycles. The molecule has 3 N–H and O–H groups in total. The van der Waals surface area contributed by atoms with Crippen LogP contribution in [-0.4, -0.2) is 33.3 Å². The molecule has 0 amide bonds. The third-order valence-electron chi connectivity index (χ3n) is 2.61. The number of aryl methyl sites for hydroxylation is 1. The minimum absolute atomic E-state index is 0.0358. The molecule has 0 aromatic heterocycles. The Bertz CT molecular complexity index is 405. The molecule has 0 saturated heterocycles. The molecule has 0 heterocycles. The summed E-state index contributed by atoms with van der Waals surface area (Å²) < 4.78 is 0. The average molecular weight is 259 g/mol. The van der Waals surface area contributed by atoms with E-state index in [2.05, 4.69) is 0 Å². The van der Waals surface area contributed by atoms with Gasteiger partial charge < -0.3 is 15.3 Å². The highest BCUT2D eigenvalue weighted by Gasteiger charge is 2.24. The molecule has 5 heteroatoms. The zero-order valence-corrected chi connectivity index (χ0v) is 10.2. The predicted molar refractivity (Wildman–Crippen MR) is 64.4 cm³/mol. The van der Waals surface area contributed by atoms with Crippen LogP contribution in [0.3, 0.4) is 0 Å². The third-order valence-corrected chi connectivity index (χ3v) is 2.83. The number of benzene rings is 1. The molecule has 0 radical (unpaired) electrons. The molecule has 0 fully saturated rings. The fourth-order valence-electron chi connectivity index (χ4n) is 1.71. The number of halogens is 1. The van der Waals surface area contributed by atoms with Gasteiger partial charge in [-0.1, -0.05) is 18.2 Å². The minimum Gasteiger partial charge on any atom is -0.478 e. The molecule has 0 spiro atoms. The first-order valence-corrected chi connectivity index (χ1v) is 5.77. The number of alkyl halides is 1. The average Bonchev–Trinajstić information content (AvgIpc) is 2.27. The monoisotopic (exact) mass is 258 g/mol. The van der Waals surface area contributed by atoms with Gasteiger partial charge in [-0.25, -0.2) is 4.79 Å². The Morgan fingerprint density at radius 3 is 2.59 bits per heavy atom. The lowest BCUT2D eigenvalue weighted by Crippen LogP contribution is -2.21. The van der Waals surface area contributed by atoms with Crippen LogP contribution in [0.25, 0.3) is 0 Å². The van der Waals surface area contributed by atoms with Gasteiger partial charge in [0.05, 0.1) is 11.7 Å². The zero-order chi connectivity index (χ0) is 13.0. The van der Waals surface area contributed by atoms with E-state index < -0.39 is 18.2 Å². The summed E-state index contributed by atoms with van der Waals surface area (Å²) in [7, 11) is 0. The number of aliphatic hydroxyl groups excluding tert-OH is 2. The van der Waals surface area contributed by atoms with Gasteiger partial charge in [0, 0.05) is 5.88 Å². The second-order valence-corrected chi connectivity index (χ2v) is 4.21. The van der Waals surface area contributed by atoms with Crippen LogP contribution < -0.4 is 0 Å². The number of carbonyl (C=O) groups is 1. The maximum atomic E-state index is 11.1. The summed E-state index contributed by atoms with van der Waals surface area (Å²) in [5.41, 5.74) is 0.802. The summed E-state index contributed by atoms with van der Waals surface area (Å²) in [5, 5.41) is 28.6. The van der Waals surface area contributed by atoms with Crippen molar-refractivity contribution in [1.29, 1.82) is 0 Å². The van der Waals surface area contributed by atoms with Gasteiger partial charge in [0.15, 0.2) is 0 Å². The zero-order valence-electron chi connectivity index (χ0n) is 9.43. The number of hydrogen-bond acceptors (Lipinski definition) is 3. The molecule has 2 atom stereocenters. The standard InChI is InChI=1S/C12H15ClO4/c1-7-3-2-4-8(10(7)12(16)17)11(15)9(14)5-6-13/h2-4,9,11,14-15H,5-6H2,1H3,(H,16,17). The minimum atomic E-state index is -1.24. The van der Waals surface area contributed by atoms with Crippen LogP contribution in [0.1, 0.15) is 34.0 Å². The number of carboxylic acids is 1. The van der Waals surface area contributed by atoms with E-state index in [9.17, 15) is 15.0 Å². The molecule has 94 valence electrons. The maximum Gasteiger partial charge on any atom is 0.336 e. The highest BCUT2D eigenvalue weighted by atomic mass is 35.5. The fourth-order valence-corrected chi connectivity index (χ4v) is 1.93. The van der Waals surface area contributed by atoms with Crippen LogP contribution >= 0.6 is 11.6 Å². The van der Waals surface area contributed by atoms with E-state index in [1.54, 1.807) is 19.1 Å². The van der Waals surface area contributed by atoms with E-state index in [0.717, 1.165) is 0 Å². The van der Waals surface area contributed by atoms with Crippen LogP contribution in [0.5, 0.6) is 0 Å². The van der Waals surface area contributed by atoms with Crippen molar-refractivity contribution >= 4 is 17.6 Å². The Labute approximate surface area is 104 Å². The van der Waals surface area contributed by atoms with E-state index in [0.29, 0.717) is 5.56 Å². The van der Waals surface area contributed by atoms with Gasteiger partial charge in [0.25, 0.3) is 0 Å². The SMILES string of the molecule is Cc1cccc(C(O)C(O)CCCl)c1C(=O)O. The molecule has 1 aromatic rings. The van der Waals surface area contributed by atoms with Crippen molar-refractivity contribution in [3.63, 3.8) is 0 Å². The molecule has 0 aliphatic rings. The van der Waals surface area contributed by atoms with Gasteiger partial charge in [0.1, 0.15) is 6.10 Å². The Morgan fingerprint density at radius 2 is 2.06 bits per heavy atom. The summed E-state index contributed by atoms with van der Waals surface area (Å²) >= 11 is 5.47. The highest BCUT2D eigenvalue weighted by Crippen LogP contribution is 2.25. The highest BCUT2D eigenvalue weighted by molar-refractivity contribution is 6.17. The lowest BCUT2D eigenvalue weighted by molar-refractivity contribution is 0.0160. The quantitative estimate of drug-likeness (QED) is 0.703. The number of carboxylic acid groups (broad SMARTS) is 1. The van der Waals surface area contributed by atoms with Gasteiger partial charge in [-0.05, 0) is 24.5 Å². The molecule has 0 aliphatic heterocycles. The third kappa shape index (κ3) is 3.19. The fraction of sp³-hybridized carbons (Fsp3) is 0.417. The molecule has 1 rings (SSSR count).